The van der Waals surface area contributed by atoms with E-state index in [4.69, 9.17) is 14.6 Å². The second kappa shape index (κ2) is 16.4. The molecule has 0 heterocycles. The van der Waals surface area contributed by atoms with E-state index in [1.54, 1.807) is 19.2 Å². The van der Waals surface area contributed by atoms with E-state index in [9.17, 15) is 4.79 Å². The number of methoxy groups -OCH3 is 1. The zero-order valence-corrected chi connectivity index (χ0v) is 29.6. The SMILES string of the molecule is COc1ccc(/C=C/c2ccc(N(N=C(c3ccccc3)c3ccccc3)c3ccc(/C=C/c4ccc(OC(C)=O)cc4)cc3)c3ccccc23)cc1. The number of ether oxygens (including phenoxy) is 2. The largest absolute Gasteiger partial charge is 0.497 e. The van der Waals surface area contributed by atoms with E-state index >= 15 is 0 Å². The van der Waals surface area contributed by atoms with E-state index in [1.807, 2.05) is 66.7 Å². The van der Waals surface area contributed by atoms with Crippen molar-refractivity contribution in [2.45, 2.75) is 6.92 Å². The molecule has 258 valence electrons. The molecule has 0 aliphatic carbocycles. The predicted molar refractivity (Wildman–Crippen MR) is 220 cm³/mol. The lowest BCUT2D eigenvalue weighted by Gasteiger charge is -2.24. The van der Waals surface area contributed by atoms with Crippen molar-refractivity contribution in [1.29, 1.82) is 0 Å². The fourth-order valence-corrected chi connectivity index (χ4v) is 6.09. The van der Waals surface area contributed by atoms with Crippen molar-refractivity contribution in [2.24, 2.45) is 5.10 Å². The highest BCUT2D eigenvalue weighted by Gasteiger charge is 2.17. The molecule has 0 spiro atoms. The molecule has 7 rings (SSSR count). The van der Waals surface area contributed by atoms with Gasteiger partial charge in [0.2, 0.25) is 0 Å². The summed E-state index contributed by atoms with van der Waals surface area (Å²) >= 11 is 0. The van der Waals surface area contributed by atoms with E-state index in [1.165, 1.54) is 6.92 Å². The van der Waals surface area contributed by atoms with Gasteiger partial charge in [0.15, 0.2) is 0 Å². The third-order valence-corrected chi connectivity index (χ3v) is 8.78. The van der Waals surface area contributed by atoms with Gasteiger partial charge in [0, 0.05) is 23.4 Å². The topological polar surface area (TPSA) is 51.1 Å². The van der Waals surface area contributed by atoms with Crippen LogP contribution in [0.2, 0.25) is 0 Å². The molecule has 0 saturated carbocycles. The number of hydrogen-bond acceptors (Lipinski definition) is 5. The Morgan fingerprint density at radius 3 is 1.57 bits per heavy atom. The van der Waals surface area contributed by atoms with E-state index < -0.39 is 0 Å². The first kappa shape index (κ1) is 34.5. The summed E-state index contributed by atoms with van der Waals surface area (Å²) in [5, 5.41) is 9.72. The summed E-state index contributed by atoms with van der Waals surface area (Å²) < 4.78 is 10.5. The zero-order valence-electron chi connectivity index (χ0n) is 29.6. The van der Waals surface area contributed by atoms with Gasteiger partial charge >= 0.3 is 5.97 Å². The summed E-state index contributed by atoms with van der Waals surface area (Å²) in [5.74, 6) is 1.02. The Kier molecular flexibility index (Phi) is 10.6. The van der Waals surface area contributed by atoms with Crippen molar-refractivity contribution >= 4 is 58.1 Å². The Morgan fingerprint density at radius 1 is 0.528 bits per heavy atom. The van der Waals surface area contributed by atoms with Crippen molar-refractivity contribution in [3.05, 3.63) is 203 Å². The highest BCUT2D eigenvalue weighted by atomic mass is 16.5. The number of rotatable bonds is 11. The fourth-order valence-electron chi connectivity index (χ4n) is 6.09. The highest BCUT2D eigenvalue weighted by molar-refractivity contribution is 6.14. The molecule has 0 aromatic heterocycles. The van der Waals surface area contributed by atoms with Gasteiger partial charge < -0.3 is 9.47 Å². The molecule has 0 fully saturated rings. The minimum absolute atomic E-state index is 0.336. The van der Waals surface area contributed by atoms with Crippen LogP contribution in [-0.4, -0.2) is 18.8 Å². The van der Waals surface area contributed by atoms with Gasteiger partial charge in [-0.2, -0.15) is 5.10 Å². The molecule has 0 radical (unpaired) electrons. The number of carbonyl (C=O) groups is 1. The quantitative estimate of drug-likeness (QED) is 0.0446. The van der Waals surface area contributed by atoms with Crippen LogP contribution in [0.25, 0.3) is 35.1 Å². The van der Waals surface area contributed by atoms with Gasteiger partial charge in [-0.15, -0.1) is 0 Å². The lowest BCUT2D eigenvalue weighted by atomic mass is 10.0. The third-order valence-electron chi connectivity index (χ3n) is 8.78. The number of hydrazone groups is 1. The monoisotopic (exact) mass is 690 g/mol. The van der Waals surface area contributed by atoms with Crippen LogP contribution in [0.4, 0.5) is 11.4 Å². The molecule has 53 heavy (non-hydrogen) atoms. The van der Waals surface area contributed by atoms with Gasteiger partial charge in [-0.3, -0.25) is 4.79 Å². The lowest BCUT2D eigenvalue weighted by molar-refractivity contribution is -0.131. The van der Waals surface area contributed by atoms with Crippen LogP contribution in [0.1, 0.15) is 40.3 Å². The fraction of sp³-hybridized carbons (Fsp3) is 0.0417. The number of fused-ring (bicyclic) bond motifs is 1. The second-order valence-electron chi connectivity index (χ2n) is 12.4. The molecule has 0 atom stereocenters. The number of nitrogens with zero attached hydrogens (tertiary/aromatic N) is 2. The highest BCUT2D eigenvalue weighted by Crippen LogP contribution is 2.36. The van der Waals surface area contributed by atoms with Gasteiger partial charge in [0.05, 0.1) is 24.2 Å². The number of carbonyl (C=O) groups excluding carboxylic acids is 1. The Labute approximate surface area is 310 Å². The van der Waals surface area contributed by atoms with E-state index in [0.29, 0.717) is 5.75 Å². The molecule has 0 aliphatic heterocycles. The molecule has 5 nitrogen and oxygen atoms in total. The van der Waals surface area contributed by atoms with Crippen molar-refractivity contribution in [2.75, 3.05) is 12.1 Å². The van der Waals surface area contributed by atoms with Gasteiger partial charge in [-0.25, -0.2) is 5.01 Å². The van der Waals surface area contributed by atoms with E-state index in [0.717, 1.165) is 67.0 Å². The minimum atomic E-state index is -0.336. The smallest absolute Gasteiger partial charge is 0.308 e. The summed E-state index contributed by atoms with van der Waals surface area (Å²) in [6.07, 6.45) is 8.39. The number of benzene rings is 7. The van der Waals surface area contributed by atoms with Crippen LogP contribution in [0.5, 0.6) is 11.5 Å². The Hall–Kier alpha value is -6.98. The number of anilines is 2. The first-order chi connectivity index (χ1) is 26.0. The average molecular weight is 691 g/mol. The predicted octanol–water partition coefficient (Wildman–Crippen LogP) is 11.7. The van der Waals surface area contributed by atoms with Crippen LogP contribution >= 0.6 is 0 Å². The molecule has 0 amide bonds. The summed E-state index contributed by atoms with van der Waals surface area (Å²) in [6, 6.07) is 57.3. The van der Waals surface area contributed by atoms with Gasteiger partial charge in [-0.05, 0) is 70.1 Å². The third kappa shape index (κ3) is 8.50. The first-order valence-corrected chi connectivity index (χ1v) is 17.4. The number of hydrogen-bond donors (Lipinski definition) is 0. The Bertz CT molecular complexity index is 2360. The van der Waals surface area contributed by atoms with Crippen molar-refractivity contribution < 1.29 is 14.3 Å². The maximum atomic E-state index is 11.3. The molecule has 7 aromatic rings. The Morgan fingerprint density at radius 2 is 1.02 bits per heavy atom. The average Bonchev–Trinajstić information content (AvgIpc) is 3.21. The maximum absolute atomic E-state index is 11.3. The van der Waals surface area contributed by atoms with E-state index in [-0.39, 0.29) is 5.97 Å². The van der Waals surface area contributed by atoms with Crippen LogP contribution in [-0.2, 0) is 4.79 Å². The minimum Gasteiger partial charge on any atom is -0.497 e. The zero-order chi connectivity index (χ0) is 36.4. The van der Waals surface area contributed by atoms with Crippen LogP contribution in [0.15, 0.2) is 175 Å². The van der Waals surface area contributed by atoms with E-state index in [2.05, 4.69) is 120 Å². The molecule has 0 bridgehead atoms. The molecule has 5 heteroatoms. The second-order valence-corrected chi connectivity index (χ2v) is 12.4. The van der Waals surface area contributed by atoms with Gasteiger partial charge in [0.1, 0.15) is 11.5 Å². The van der Waals surface area contributed by atoms with Crippen molar-refractivity contribution in [3.8, 4) is 11.5 Å². The van der Waals surface area contributed by atoms with Crippen LogP contribution in [0, 0.1) is 0 Å². The van der Waals surface area contributed by atoms with Crippen LogP contribution < -0.4 is 14.5 Å². The van der Waals surface area contributed by atoms with Gasteiger partial charge in [-0.1, -0.05) is 152 Å². The van der Waals surface area contributed by atoms with Crippen LogP contribution in [0.3, 0.4) is 0 Å². The first-order valence-electron chi connectivity index (χ1n) is 17.4. The molecular weight excluding hydrogens is 653 g/mol. The number of esters is 1. The van der Waals surface area contributed by atoms with Gasteiger partial charge in [0.25, 0.3) is 0 Å². The van der Waals surface area contributed by atoms with Crippen molar-refractivity contribution in [1.82, 2.24) is 0 Å². The standard InChI is InChI=1S/C48H38N2O3/c1-35(51)53-44-32-24-37(25-33-44)18-17-36-20-28-42(29-21-36)50(49-48(40-11-5-3-6-12-40)41-13-7-4-8-14-41)47-34-27-39(45-15-9-10-16-46(45)47)26-19-38-22-30-43(52-2)31-23-38/h3-34H,1-2H3/b18-17+,26-19+. The normalized spacial score (nSPS) is 11.1. The van der Waals surface area contributed by atoms with Crippen molar-refractivity contribution in [3.63, 3.8) is 0 Å². The Balaban J connectivity index is 1.30. The summed E-state index contributed by atoms with van der Waals surface area (Å²) in [5.41, 5.74) is 9.02. The summed E-state index contributed by atoms with van der Waals surface area (Å²) in [7, 11) is 1.68. The summed E-state index contributed by atoms with van der Waals surface area (Å²) in [6.45, 7) is 1.40. The molecule has 0 aliphatic rings. The molecular formula is C48H38N2O3. The molecule has 0 unspecified atom stereocenters. The maximum Gasteiger partial charge on any atom is 0.308 e. The molecule has 0 N–H and O–H groups in total. The lowest BCUT2D eigenvalue weighted by Crippen LogP contribution is -2.15. The molecule has 0 saturated heterocycles. The molecule has 7 aromatic carbocycles. The summed E-state index contributed by atoms with van der Waals surface area (Å²) in [4.78, 5) is 11.3.